The zero-order valence-corrected chi connectivity index (χ0v) is 13.3. The van der Waals surface area contributed by atoms with Gasteiger partial charge in [0.05, 0.1) is 38.9 Å². The van der Waals surface area contributed by atoms with Gasteiger partial charge in [0.1, 0.15) is 17.2 Å². The van der Waals surface area contributed by atoms with Gasteiger partial charge in [-0.25, -0.2) is 4.68 Å². The van der Waals surface area contributed by atoms with Gasteiger partial charge in [0.2, 0.25) is 0 Å². The molecule has 1 heterocycles. The quantitative estimate of drug-likeness (QED) is 0.723. The summed E-state index contributed by atoms with van der Waals surface area (Å²) in [4.78, 5) is 0. The van der Waals surface area contributed by atoms with Crippen LogP contribution in [0.2, 0.25) is 0 Å². The minimum absolute atomic E-state index is 0.736. The van der Waals surface area contributed by atoms with Gasteiger partial charge in [0.15, 0.2) is 0 Å². The molecule has 0 spiro atoms. The lowest BCUT2D eigenvalue weighted by molar-refractivity contribution is 0.395. The molecule has 5 nitrogen and oxygen atoms in total. The molecule has 0 amide bonds. The van der Waals surface area contributed by atoms with Gasteiger partial charge in [-0.15, -0.1) is 0 Å². The molecule has 2 aromatic carbocycles. The molecule has 0 bridgehead atoms. The summed E-state index contributed by atoms with van der Waals surface area (Å²) in [5.41, 5.74) is 2.83. The van der Waals surface area contributed by atoms with Crippen molar-refractivity contribution in [3.05, 3.63) is 54.7 Å². The summed E-state index contributed by atoms with van der Waals surface area (Å²) in [6.45, 7) is 0. The van der Waals surface area contributed by atoms with E-state index in [9.17, 15) is 0 Å². The van der Waals surface area contributed by atoms with Crippen LogP contribution in [0.15, 0.2) is 54.7 Å². The highest BCUT2D eigenvalue weighted by molar-refractivity contribution is 5.70. The SMILES string of the molecule is COc1ccc(-n2nccc2-c2ccc(OC)cc2OC)cc1. The summed E-state index contributed by atoms with van der Waals surface area (Å²) in [5.74, 6) is 2.30. The molecule has 0 aliphatic rings. The number of hydrogen-bond acceptors (Lipinski definition) is 4. The number of ether oxygens (including phenoxy) is 3. The number of hydrogen-bond donors (Lipinski definition) is 0. The lowest BCUT2D eigenvalue weighted by Crippen LogP contribution is -2.00. The molecule has 118 valence electrons. The third-order valence-corrected chi connectivity index (χ3v) is 3.64. The second-order valence-electron chi connectivity index (χ2n) is 4.89. The van der Waals surface area contributed by atoms with Crippen molar-refractivity contribution >= 4 is 0 Å². The topological polar surface area (TPSA) is 45.5 Å². The van der Waals surface area contributed by atoms with E-state index >= 15 is 0 Å². The first kappa shape index (κ1) is 15.0. The number of benzene rings is 2. The van der Waals surface area contributed by atoms with Gasteiger partial charge in [0, 0.05) is 11.6 Å². The van der Waals surface area contributed by atoms with Crippen molar-refractivity contribution in [1.29, 1.82) is 0 Å². The second kappa shape index (κ2) is 6.44. The second-order valence-corrected chi connectivity index (χ2v) is 4.89. The lowest BCUT2D eigenvalue weighted by Gasteiger charge is -2.13. The molecule has 0 fully saturated rings. The molecule has 1 aromatic heterocycles. The van der Waals surface area contributed by atoms with E-state index in [0.29, 0.717) is 0 Å². The highest BCUT2D eigenvalue weighted by Gasteiger charge is 2.13. The minimum Gasteiger partial charge on any atom is -0.497 e. The maximum atomic E-state index is 5.50. The molecule has 0 radical (unpaired) electrons. The number of aromatic nitrogens is 2. The van der Waals surface area contributed by atoms with Crippen molar-refractivity contribution in [3.63, 3.8) is 0 Å². The summed E-state index contributed by atoms with van der Waals surface area (Å²) < 4.78 is 17.8. The van der Waals surface area contributed by atoms with Crippen molar-refractivity contribution in [2.45, 2.75) is 0 Å². The molecule has 0 aliphatic carbocycles. The Hall–Kier alpha value is -2.95. The van der Waals surface area contributed by atoms with E-state index in [0.717, 1.165) is 34.2 Å². The molecule has 0 N–H and O–H groups in total. The van der Waals surface area contributed by atoms with E-state index in [-0.39, 0.29) is 0 Å². The Balaban J connectivity index is 2.07. The van der Waals surface area contributed by atoms with Crippen molar-refractivity contribution in [1.82, 2.24) is 9.78 Å². The van der Waals surface area contributed by atoms with Crippen LogP contribution >= 0.6 is 0 Å². The average molecular weight is 310 g/mol. The number of rotatable bonds is 5. The number of nitrogens with zero attached hydrogens (tertiary/aromatic N) is 2. The Bertz CT molecular complexity index is 794. The number of methoxy groups -OCH3 is 3. The Morgan fingerprint density at radius 1 is 0.783 bits per heavy atom. The van der Waals surface area contributed by atoms with Crippen molar-refractivity contribution in [2.24, 2.45) is 0 Å². The van der Waals surface area contributed by atoms with E-state index in [4.69, 9.17) is 14.2 Å². The smallest absolute Gasteiger partial charge is 0.131 e. The summed E-state index contributed by atoms with van der Waals surface area (Å²) in [6.07, 6.45) is 1.77. The zero-order valence-electron chi connectivity index (χ0n) is 13.3. The van der Waals surface area contributed by atoms with Crippen LogP contribution in [0, 0.1) is 0 Å². The Morgan fingerprint density at radius 2 is 1.48 bits per heavy atom. The maximum Gasteiger partial charge on any atom is 0.131 e. The van der Waals surface area contributed by atoms with E-state index < -0.39 is 0 Å². The summed E-state index contributed by atoms with van der Waals surface area (Å²) >= 11 is 0. The first-order valence-electron chi connectivity index (χ1n) is 7.17. The fourth-order valence-corrected chi connectivity index (χ4v) is 2.45. The van der Waals surface area contributed by atoms with Gasteiger partial charge >= 0.3 is 0 Å². The zero-order chi connectivity index (χ0) is 16.2. The van der Waals surface area contributed by atoms with Gasteiger partial charge in [-0.2, -0.15) is 5.10 Å². The van der Waals surface area contributed by atoms with E-state index in [2.05, 4.69) is 5.10 Å². The molecule has 3 aromatic rings. The Morgan fingerprint density at radius 3 is 2.13 bits per heavy atom. The van der Waals surface area contributed by atoms with Crippen LogP contribution in [0.4, 0.5) is 0 Å². The largest absolute Gasteiger partial charge is 0.497 e. The Labute approximate surface area is 135 Å². The maximum absolute atomic E-state index is 5.50. The molecule has 5 heteroatoms. The van der Waals surface area contributed by atoms with E-state index in [1.165, 1.54) is 0 Å². The summed E-state index contributed by atoms with van der Waals surface area (Å²) in [5, 5.41) is 4.43. The van der Waals surface area contributed by atoms with E-state index in [1.807, 2.05) is 53.2 Å². The Kier molecular flexibility index (Phi) is 4.19. The van der Waals surface area contributed by atoms with Crippen LogP contribution in [0.25, 0.3) is 16.9 Å². The molecule has 0 aliphatic heterocycles. The fourth-order valence-electron chi connectivity index (χ4n) is 2.45. The van der Waals surface area contributed by atoms with Crippen LogP contribution < -0.4 is 14.2 Å². The molecule has 23 heavy (non-hydrogen) atoms. The summed E-state index contributed by atoms with van der Waals surface area (Å²) in [6, 6.07) is 15.4. The molecule has 0 saturated carbocycles. The lowest BCUT2D eigenvalue weighted by atomic mass is 10.1. The molecule has 0 saturated heterocycles. The van der Waals surface area contributed by atoms with Crippen molar-refractivity contribution in [2.75, 3.05) is 21.3 Å². The van der Waals surface area contributed by atoms with Crippen LogP contribution in [-0.2, 0) is 0 Å². The first-order valence-corrected chi connectivity index (χ1v) is 7.17. The molecule has 0 unspecified atom stereocenters. The molecule has 0 atom stereocenters. The fraction of sp³-hybridized carbons (Fsp3) is 0.167. The molecular formula is C18H18N2O3. The van der Waals surface area contributed by atoms with Gasteiger partial charge in [-0.1, -0.05) is 0 Å². The third kappa shape index (κ3) is 2.85. The monoisotopic (exact) mass is 310 g/mol. The van der Waals surface area contributed by atoms with Crippen LogP contribution in [-0.4, -0.2) is 31.1 Å². The normalized spacial score (nSPS) is 10.4. The van der Waals surface area contributed by atoms with Gasteiger partial charge in [0.25, 0.3) is 0 Å². The predicted octanol–water partition coefficient (Wildman–Crippen LogP) is 3.57. The average Bonchev–Trinajstić information content (AvgIpc) is 3.10. The van der Waals surface area contributed by atoms with Crippen LogP contribution in [0.1, 0.15) is 0 Å². The highest BCUT2D eigenvalue weighted by atomic mass is 16.5. The predicted molar refractivity (Wildman–Crippen MR) is 88.7 cm³/mol. The van der Waals surface area contributed by atoms with Crippen LogP contribution in [0.3, 0.4) is 0 Å². The van der Waals surface area contributed by atoms with Crippen molar-refractivity contribution in [3.8, 4) is 34.2 Å². The first-order chi connectivity index (χ1) is 11.3. The third-order valence-electron chi connectivity index (χ3n) is 3.64. The summed E-state index contributed by atoms with van der Waals surface area (Å²) in [7, 11) is 4.93. The van der Waals surface area contributed by atoms with Gasteiger partial charge < -0.3 is 14.2 Å². The highest BCUT2D eigenvalue weighted by Crippen LogP contribution is 2.34. The van der Waals surface area contributed by atoms with Gasteiger partial charge in [-0.05, 0) is 42.5 Å². The standard InChI is InChI=1S/C18H18N2O3/c1-21-14-6-4-13(5-7-14)20-17(10-11-19-20)16-9-8-15(22-2)12-18(16)23-3/h4-12H,1-3H3. The van der Waals surface area contributed by atoms with Crippen molar-refractivity contribution < 1.29 is 14.2 Å². The van der Waals surface area contributed by atoms with Gasteiger partial charge in [-0.3, -0.25) is 0 Å². The molecule has 3 rings (SSSR count). The minimum atomic E-state index is 0.736. The van der Waals surface area contributed by atoms with E-state index in [1.54, 1.807) is 27.5 Å². The van der Waals surface area contributed by atoms with Crippen LogP contribution in [0.5, 0.6) is 17.2 Å². The molecular weight excluding hydrogens is 292 g/mol.